The smallest absolute Gasteiger partial charge is 0.407 e. The second kappa shape index (κ2) is 9.78. The average molecular weight is 429 g/mol. The summed E-state index contributed by atoms with van der Waals surface area (Å²) in [5.74, 6) is -0.468. The lowest BCUT2D eigenvalue weighted by Gasteiger charge is -2.17. The van der Waals surface area contributed by atoms with Crippen molar-refractivity contribution in [1.82, 2.24) is 5.32 Å². The fraction of sp³-hybridized carbons (Fsp3) is 0.160. The Kier molecular flexibility index (Phi) is 6.46. The van der Waals surface area contributed by atoms with Crippen molar-refractivity contribution in [2.45, 2.75) is 13.0 Å². The molecule has 0 aromatic heterocycles. The molecule has 3 aromatic carbocycles. The number of amides is 3. The highest BCUT2D eigenvalue weighted by molar-refractivity contribution is 6.07. The number of fused-ring (bicyclic) bond motifs is 1. The van der Waals surface area contributed by atoms with Gasteiger partial charge in [-0.25, -0.2) is 4.79 Å². The standard InChI is InChI=1S/C25H23N3O4/c29-23(16-26-25(31)32-17-18-6-2-1-3-7-18)27-21-12-10-20(11-13-21)24(30)28-15-14-19-8-4-5-9-22(19)28/h1-13H,14-17H2,(H,26,31)(H,27,29). The lowest BCUT2D eigenvalue weighted by atomic mass is 10.1. The second-order valence-corrected chi connectivity index (χ2v) is 7.38. The zero-order chi connectivity index (χ0) is 22.3. The number of benzene rings is 3. The van der Waals surface area contributed by atoms with Crippen molar-refractivity contribution in [3.05, 3.63) is 95.6 Å². The molecular weight excluding hydrogens is 406 g/mol. The van der Waals surface area contributed by atoms with E-state index < -0.39 is 12.0 Å². The minimum Gasteiger partial charge on any atom is -0.445 e. The van der Waals surface area contributed by atoms with Crippen molar-refractivity contribution >= 4 is 29.3 Å². The molecule has 2 N–H and O–H groups in total. The minimum absolute atomic E-state index is 0.0735. The molecule has 3 amide bonds. The Morgan fingerprint density at radius 2 is 1.59 bits per heavy atom. The molecule has 0 spiro atoms. The monoisotopic (exact) mass is 429 g/mol. The third-order valence-electron chi connectivity index (χ3n) is 5.15. The van der Waals surface area contributed by atoms with Crippen LogP contribution in [0.4, 0.5) is 16.2 Å². The number of para-hydroxylation sites is 1. The van der Waals surface area contributed by atoms with Gasteiger partial charge in [0.1, 0.15) is 13.2 Å². The molecule has 1 aliphatic rings. The van der Waals surface area contributed by atoms with E-state index in [1.165, 1.54) is 5.56 Å². The van der Waals surface area contributed by atoms with E-state index in [0.29, 0.717) is 17.8 Å². The van der Waals surface area contributed by atoms with E-state index in [-0.39, 0.29) is 19.1 Å². The maximum atomic E-state index is 12.9. The molecular formula is C25H23N3O4. The molecule has 4 rings (SSSR count). The first kappa shape index (κ1) is 21.1. The number of carbonyl (C=O) groups is 3. The molecule has 0 saturated carbocycles. The van der Waals surface area contributed by atoms with Crippen LogP contribution in [0.25, 0.3) is 0 Å². The Morgan fingerprint density at radius 1 is 0.875 bits per heavy atom. The maximum Gasteiger partial charge on any atom is 0.407 e. The van der Waals surface area contributed by atoms with Crippen LogP contribution in [0, 0.1) is 0 Å². The van der Waals surface area contributed by atoms with Crippen molar-refractivity contribution in [3.8, 4) is 0 Å². The van der Waals surface area contributed by atoms with Crippen LogP contribution >= 0.6 is 0 Å². The van der Waals surface area contributed by atoms with Crippen LogP contribution in [0.1, 0.15) is 21.5 Å². The highest BCUT2D eigenvalue weighted by atomic mass is 16.5. The third kappa shape index (κ3) is 5.13. The normalized spacial score (nSPS) is 12.1. The van der Waals surface area contributed by atoms with E-state index >= 15 is 0 Å². The first-order valence-corrected chi connectivity index (χ1v) is 10.3. The molecule has 3 aromatic rings. The van der Waals surface area contributed by atoms with Gasteiger partial charge in [0, 0.05) is 23.5 Å². The molecule has 0 radical (unpaired) electrons. The van der Waals surface area contributed by atoms with Gasteiger partial charge in [-0.05, 0) is 47.9 Å². The number of alkyl carbamates (subject to hydrolysis) is 1. The van der Waals surface area contributed by atoms with E-state index in [0.717, 1.165) is 17.7 Å². The number of rotatable bonds is 6. The summed E-state index contributed by atoms with van der Waals surface area (Å²) in [5.41, 5.74) is 4.05. The predicted octanol–water partition coefficient (Wildman–Crippen LogP) is 3.75. The van der Waals surface area contributed by atoms with Gasteiger partial charge >= 0.3 is 6.09 Å². The Labute approximate surface area is 186 Å². The Balaban J connectivity index is 1.25. The van der Waals surface area contributed by atoms with Gasteiger partial charge in [0.05, 0.1) is 0 Å². The molecule has 7 nitrogen and oxygen atoms in total. The molecule has 1 aliphatic heterocycles. The SMILES string of the molecule is O=C(CNC(=O)OCc1ccccc1)Nc1ccc(C(=O)N2CCc3ccccc32)cc1. The van der Waals surface area contributed by atoms with E-state index in [2.05, 4.69) is 10.6 Å². The number of anilines is 2. The minimum atomic E-state index is -0.671. The zero-order valence-corrected chi connectivity index (χ0v) is 17.4. The van der Waals surface area contributed by atoms with Gasteiger partial charge in [-0.1, -0.05) is 48.5 Å². The highest BCUT2D eigenvalue weighted by Gasteiger charge is 2.25. The lowest BCUT2D eigenvalue weighted by Crippen LogP contribution is -2.33. The Morgan fingerprint density at radius 3 is 2.38 bits per heavy atom. The molecule has 32 heavy (non-hydrogen) atoms. The topological polar surface area (TPSA) is 87.7 Å². The Bertz CT molecular complexity index is 1110. The highest BCUT2D eigenvalue weighted by Crippen LogP contribution is 2.29. The van der Waals surface area contributed by atoms with Crippen LogP contribution < -0.4 is 15.5 Å². The van der Waals surface area contributed by atoms with Crippen LogP contribution in [0.3, 0.4) is 0 Å². The number of ether oxygens (including phenoxy) is 1. The number of nitrogens with zero attached hydrogens (tertiary/aromatic N) is 1. The molecule has 0 saturated heterocycles. The fourth-order valence-electron chi connectivity index (χ4n) is 3.53. The summed E-state index contributed by atoms with van der Waals surface area (Å²) in [6, 6.07) is 23.9. The summed E-state index contributed by atoms with van der Waals surface area (Å²) >= 11 is 0. The molecule has 0 fully saturated rings. The zero-order valence-electron chi connectivity index (χ0n) is 17.4. The third-order valence-corrected chi connectivity index (χ3v) is 5.15. The van der Waals surface area contributed by atoms with E-state index in [9.17, 15) is 14.4 Å². The number of hydrogen-bond acceptors (Lipinski definition) is 4. The van der Waals surface area contributed by atoms with E-state index in [4.69, 9.17) is 4.74 Å². The Hall–Kier alpha value is -4.13. The van der Waals surface area contributed by atoms with Crippen LogP contribution in [0.15, 0.2) is 78.9 Å². The summed E-state index contributed by atoms with van der Waals surface area (Å²) < 4.78 is 5.07. The van der Waals surface area contributed by atoms with Crippen molar-refractivity contribution in [1.29, 1.82) is 0 Å². The van der Waals surface area contributed by atoms with Gasteiger partial charge in [-0.3, -0.25) is 9.59 Å². The molecule has 7 heteroatoms. The second-order valence-electron chi connectivity index (χ2n) is 7.38. The van der Waals surface area contributed by atoms with Crippen molar-refractivity contribution in [2.24, 2.45) is 0 Å². The van der Waals surface area contributed by atoms with Gasteiger partial charge in [0.15, 0.2) is 0 Å². The number of hydrogen-bond donors (Lipinski definition) is 2. The van der Waals surface area contributed by atoms with Gasteiger partial charge in [0.2, 0.25) is 5.91 Å². The van der Waals surface area contributed by atoms with Crippen LogP contribution in [0.2, 0.25) is 0 Å². The van der Waals surface area contributed by atoms with Gasteiger partial charge in [-0.2, -0.15) is 0 Å². The summed E-state index contributed by atoms with van der Waals surface area (Å²) in [6.45, 7) is 0.562. The summed E-state index contributed by atoms with van der Waals surface area (Å²) in [4.78, 5) is 38.5. The molecule has 0 bridgehead atoms. The van der Waals surface area contributed by atoms with Crippen LogP contribution in [-0.2, 0) is 22.6 Å². The van der Waals surface area contributed by atoms with Gasteiger partial charge < -0.3 is 20.3 Å². The van der Waals surface area contributed by atoms with Crippen molar-refractivity contribution in [3.63, 3.8) is 0 Å². The summed E-state index contributed by atoms with van der Waals surface area (Å²) in [5, 5.41) is 5.10. The quantitative estimate of drug-likeness (QED) is 0.625. The fourth-order valence-corrected chi connectivity index (χ4v) is 3.53. The van der Waals surface area contributed by atoms with E-state index in [1.54, 1.807) is 29.2 Å². The van der Waals surface area contributed by atoms with Crippen molar-refractivity contribution < 1.29 is 19.1 Å². The maximum absolute atomic E-state index is 12.9. The molecule has 0 aliphatic carbocycles. The molecule has 0 unspecified atom stereocenters. The van der Waals surface area contributed by atoms with Crippen LogP contribution in [0.5, 0.6) is 0 Å². The predicted molar refractivity (Wildman–Crippen MR) is 122 cm³/mol. The van der Waals surface area contributed by atoms with Gasteiger partial charge in [-0.15, -0.1) is 0 Å². The number of carbonyl (C=O) groups excluding carboxylic acids is 3. The average Bonchev–Trinajstić information content (AvgIpc) is 3.26. The lowest BCUT2D eigenvalue weighted by molar-refractivity contribution is -0.115. The largest absolute Gasteiger partial charge is 0.445 e. The first-order valence-electron chi connectivity index (χ1n) is 10.3. The molecule has 1 heterocycles. The van der Waals surface area contributed by atoms with Crippen molar-refractivity contribution in [2.75, 3.05) is 23.3 Å². The molecule has 162 valence electrons. The number of nitrogens with one attached hydrogen (secondary N) is 2. The van der Waals surface area contributed by atoms with Crippen LogP contribution in [-0.4, -0.2) is 31.0 Å². The van der Waals surface area contributed by atoms with Gasteiger partial charge in [0.25, 0.3) is 5.91 Å². The van der Waals surface area contributed by atoms with E-state index in [1.807, 2.05) is 54.6 Å². The first-order chi connectivity index (χ1) is 15.6. The summed E-state index contributed by atoms with van der Waals surface area (Å²) in [7, 11) is 0. The molecule has 0 atom stereocenters. The summed E-state index contributed by atoms with van der Waals surface area (Å²) in [6.07, 6.45) is 0.174.